The number of hydrogen-bond acceptors (Lipinski definition) is 7. The fourth-order valence-electron chi connectivity index (χ4n) is 9.20. The molecule has 9 rings (SSSR count). The molecule has 0 bridgehead atoms. The van der Waals surface area contributed by atoms with Crippen molar-refractivity contribution < 1.29 is 19.5 Å². The highest BCUT2D eigenvalue weighted by Gasteiger charge is 2.33. The van der Waals surface area contributed by atoms with Crippen LogP contribution in [0.15, 0.2) is 91.0 Å². The van der Waals surface area contributed by atoms with Gasteiger partial charge in [0, 0.05) is 88.1 Å². The summed E-state index contributed by atoms with van der Waals surface area (Å²) in [5.41, 5.74) is 9.94. The second kappa shape index (κ2) is 16.1. The third-order valence-electron chi connectivity index (χ3n) is 12.2. The van der Waals surface area contributed by atoms with Crippen molar-refractivity contribution in [3.63, 3.8) is 0 Å². The molecule has 4 heterocycles. The minimum atomic E-state index is -0.138. The van der Waals surface area contributed by atoms with Gasteiger partial charge in [0.1, 0.15) is 5.75 Å². The van der Waals surface area contributed by atoms with Crippen LogP contribution in [0.5, 0.6) is 5.75 Å². The van der Waals surface area contributed by atoms with Crippen LogP contribution in [-0.2, 0) is 22.6 Å². The molecule has 5 aliphatic rings. The maximum Gasteiger partial charge on any atom is 0.251 e. The van der Waals surface area contributed by atoms with Crippen LogP contribution in [0.2, 0.25) is 0 Å². The predicted molar refractivity (Wildman–Crippen MR) is 212 cm³/mol. The zero-order valence-electron chi connectivity index (χ0n) is 31.0. The summed E-state index contributed by atoms with van der Waals surface area (Å²) in [4.78, 5) is 40.3. The first-order valence-electron chi connectivity index (χ1n) is 19.8. The number of aromatic hydroxyl groups is 1. The van der Waals surface area contributed by atoms with Gasteiger partial charge >= 0.3 is 0 Å². The number of carbonyl (C=O) groups excluding carboxylic acids is 3. The number of carbonyl (C=O) groups is 3. The number of piperidine rings is 2. The van der Waals surface area contributed by atoms with E-state index >= 15 is 0 Å². The number of aryl methyl sites for hydroxylation is 1. The number of hydrogen-bond donors (Lipinski definition) is 3. The fraction of sp³-hybridized carbons (Fsp3) is 0.400. The van der Waals surface area contributed by atoms with Gasteiger partial charge in [-0.3, -0.25) is 24.6 Å². The Labute approximate surface area is 318 Å². The predicted octanol–water partition coefficient (Wildman–Crippen LogP) is 6.35. The Balaban J connectivity index is 0.000000461. The summed E-state index contributed by atoms with van der Waals surface area (Å²) in [5.74, 6) is 1.61. The molecule has 3 fully saturated rings. The van der Waals surface area contributed by atoms with Gasteiger partial charge < -0.3 is 20.2 Å². The Bertz CT molecular complexity index is 1950. The van der Waals surface area contributed by atoms with Crippen LogP contribution in [0.3, 0.4) is 0 Å². The zero-order chi connectivity index (χ0) is 37.0. The van der Waals surface area contributed by atoms with Crippen molar-refractivity contribution in [3.05, 3.63) is 124 Å². The molecule has 9 heteroatoms. The number of nitrogens with one attached hydrogen (secondary N) is 2. The number of rotatable bonds is 6. The van der Waals surface area contributed by atoms with E-state index in [9.17, 15) is 19.5 Å². The molecular weight excluding hydrogens is 675 g/mol. The number of phenols is 1. The van der Waals surface area contributed by atoms with Crippen LogP contribution in [0.1, 0.15) is 88.5 Å². The molecule has 4 aromatic rings. The number of imide groups is 1. The molecule has 3 amide bonds. The lowest BCUT2D eigenvalue weighted by molar-refractivity contribution is -0.132. The Hall–Kier alpha value is -5.15. The van der Waals surface area contributed by atoms with Crippen molar-refractivity contribution in [2.45, 2.75) is 63.3 Å². The highest BCUT2D eigenvalue weighted by atomic mass is 16.3. The molecule has 2 atom stereocenters. The number of nitrogens with zero attached hydrogens (tertiary/aromatic N) is 3. The van der Waals surface area contributed by atoms with Gasteiger partial charge in [0.15, 0.2) is 0 Å². The lowest BCUT2D eigenvalue weighted by atomic mass is 9.69. The number of fused-ring (bicyclic) bond motifs is 2. The van der Waals surface area contributed by atoms with E-state index in [0.717, 1.165) is 69.2 Å². The van der Waals surface area contributed by atoms with Crippen LogP contribution in [0, 0.1) is 5.92 Å². The number of phenolic OH excluding ortho intramolecular Hbond substituents is 1. The standard InChI is InChI=1S/C40H44N4O2.C5H7NO2/c45-35-12-15-37-31(25-35)8-13-36(29-4-2-1-3-5-29)39(37)30-6-9-33(10-7-30)43-18-16-28(17-19-43)27-42-20-22-44(23-21-42)34-11-14-38-32(24-34)26-41-40(38)46;7-4-2-1-3-5(8)6-4/h1-7,9-12,14-15,24-25,28,36,39,45H,8,13,16-23,26-27H2,(H,41,46);1-3H2,(H,6,7,8). The molecule has 0 aromatic heterocycles. The van der Waals surface area contributed by atoms with Gasteiger partial charge in [-0.25, -0.2) is 0 Å². The average molecular weight is 726 g/mol. The second-order valence-electron chi connectivity index (χ2n) is 15.6. The van der Waals surface area contributed by atoms with E-state index in [1.165, 1.54) is 53.0 Å². The Morgan fingerprint density at radius 2 is 1.35 bits per heavy atom. The van der Waals surface area contributed by atoms with Gasteiger partial charge in [0.2, 0.25) is 11.8 Å². The number of piperazine rings is 1. The van der Waals surface area contributed by atoms with E-state index in [1.807, 2.05) is 18.2 Å². The third kappa shape index (κ3) is 8.02. The Kier molecular flexibility index (Phi) is 10.7. The molecule has 4 aliphatic heterocycles. The summed E-state index contributed by atoms with van der Waals surface area (Å²) in [6, 6.07) is 32.7. The molecule has 3 N–H and O–H groups in total. The monoisotopic (exact) mass is 725 g/mol. The summed E-state index contributed by atoms with van der Waals surface area (Å²) in [6.45, 7) is 8.37. The molecule has 2 unspecified atom stereocenters. The third-order valence-corrected chi connectivity index (χ3v) is 12.2. The van der Waals surface area contributed by atoms with E-state index in [1.54, 1.807) is 0 Å². The van der Waals surface area contributed by atoms with Crippen LogP contribution in [0.25, 0.3) is 0 Å². The fourth-order valence-corrected chi connectivity index (χ4v) is 9.20. The quantitative estimate of drug-likeness (QED) is 0.199. The van der Waals surface area contributed by atoms with Crippen molar-refractivity contribution in [3.8, 4) is 5.75 Å². The van der Waals surface area contributed by atoms with Crippen LogP contribution in [-0.4, -0.2) is 73.5 Å². The van der Waals surface area contributed by atoms with E-state index in [4.69, 9.17) is 0 Å². The molecule has 9 nitrogen and oxygen atoms in total. The molecule has 1 aliphatic carbocycles. The first-order valence-corrected chi connectivity index (χ1v) is 19.8. The highest BCUT2D eigenvalue weighted by Crippen LogP contribution is 2.47. The molecule has 0 radical (unpaired) electrons. The van der Waals surface area contributed by atoms with E-state index in [2.05, 4.69) is 98.1 Å². The molecule has 0 spiro atoms. The van der Waals surface area contributed by atoms with Crippen LogP contribution in [0.4, 0.5) is 11.4 Å². The first kappa shape index (κ1) is 35.9. The molecule has 0 saturated carbocycles. The van der Waals surface area contributed by atoms with Crippen molar-refractivity contribution in [1.29, 1.82) is 0 Å². The van der Waals surface area contributed by atoms with Crippen molar-refractivity contribution >= 4 is 29.1 Å². The van der Waals surface area contributed by atoms with Gasteiger partial charge in [-0.1, -0.05) is 48.5 Å². The maximum absolute atomic E-state index is 11.9. The van der Waals surface area contributed by atoms with Crippen LogP contribution >= 0.6 is 0 Å². The number of anilines is 2. The lowest BCUT2D eigenvalue weighted by Gasteiger charge is -2.40. The SMILES string of the molecule is O=C1CCCC(=O)N1.O=C1NCc2cc(N3CCN(CC4CCN(c5ccc(C6c7ccc(O)cc7CCC6c6ccccc6)cc5)CC4)CC3)ccc21. The minimum absolute atomic E-state index is 0.0552. The Morgan fingerprint density at radius 3 is 2.06 bits per heavy atom. The summed E-state index contributed by atoms with van der Waals surface area (Å²) >= 11 is 0. The smallest absolute Gasteiger partial charge is 0.251 e. The van der Waals surface area contributed by atoms with Gasteiger partial charge in [0.05, 0.1) is 0 Å². The molecule has 4 aromatic carbocycles. The highest BCUT2D eigenvalue weighted by molar-refractivity contribution is 5.99. The number of amides is 3. The summed E-state index contributed by atoms with van der Waals surface area (Å²) < 4.78 is 0. The van der Waals surface area contributed by atoms with Crippen molar-refractivity contribution in [1.82, 2.24) is 15.5 Å². The van der Waals surface area contributed by atoms with Gasteiger partial charge in [-0.05, 0) is 114 Å². The van der Waals surface area contributed by atoms with Gasteiger partial charge in [-0.2, -0.15) is 0 Å². The average Bonchev–Trinajstić information content (AvgIpc) is 3.58. The summed E-state index contributed by atoms with van der Waals surface area (Å²) in [7, 11) is 0. The van der Waals surface area contributed by atoms with E-state index < -0.39 is 0 Å². The van der Waals surface area contributed by atoms with Crippen molar-refractivity contribution in [2.24, 2.45) is 5.92 Å². The topological polar surface area (TPSA) is 105 Å². The van der Waals surface area contributed by atoms with Gasteiger partial charge in [0.25, 0.3) is 5.91 Å². The maximum atomic E-state index is 11.9. The summed E-state index contributed by atoms with van der Waals surface area (Å²) in [5, 5.41) is 15.3. The second-order valence-corrected chi connectivity index (χ2v) is 15.6. The molecule has 280 valence electrons. The molecule has 3 saturated heterocycles. The zero-order valence-corrected chi connectivity index (χ0v) is 31.0. The lowest BCUT2D eigenvalue weighted by Crippen LogP contribution is -2.49. The van der Waals surface area contributed by atoms with Gasteiger partial charge in [-0.15, -0.1) is 0 Å². The molecule has 54 heavy (non-hydrogen) atoms. The first-order chi connectivity index (χ1) is 26.4. The van der Waals surface area contributed by atoms with Crippen LogP contribution < -0.4 is 20.4 Å². The van der Waals surface area contributed by atoms with E-state index in [0.29, 0.717) is 37.5 Å². The summed E-state index contributed by atoms with van der Waals surface area (Å²) in [6.07, 6.45) is 6.29. The molecular formula is C45H51N5O4. The Morgan fingerprint density at radius 1 is 0.648 bits per heavy atom. The largest absolute Gasteiger partial charge is 0.508 e. The van der Waals surface area contributed by atoms with E-state index in [-0.39, 0.29) is 23.6 Å². The normalized spacial score (nSPS) is 21.7. The number of benzene rings is 4. The minimum Gasteiger partial charge on any atom is -0.508 e. The van der Waals surface area contributed by atoms with Crippen molar-refractivity contribution in [2.75, 3.05) is 55.6 Å².